The van der Waals surface area contributed by atoms with Crippen LogP contribution < -0.4 is 9.64 Å². The first-order valence-corrected chi connectivity index (χ1v) is 7.23. The lowest BCUT2D eigenvalue weighted by molar-refractivity contribution is 0.313. The Hall–Kier alpha value is -2.63. The molecule has 0 unspecified atom stereocenters. The second-order valence-corrected chi connectivity index (χ2v) is 5.10. The summed E-state index contributed by atoms with van der Waals surface area (Å²) in [7, 11) is 3.92. The van der Waals surface area contributed by atoms with Crippen LogP contribution in [0.1, 0.15) is 12.6 Å². The van der Waals surface area contributed by atoms with Gasteiger partial charge in [-0.1, -0.05) is 0 Å². The van der Waals surface area contributed by atoms with Crippen LogP contribution in [0.15, 0.2) is 30.5 Å². The monoisotopic (exact) mass is 297 g/mol. The summed E-state index contributed by atoms with van der Waals surface area (Å²) in [5.74, 6) is 0.783. The van der Waals surface area contributed by atoms with Gasteiger partial charge in [0, 0.05) is 37.1 Å². The van der Waals surface area contributed by atoms with E-state index in [1.165, 1.54) is 0 Å². The van der Waals surface area contributed by atoms with Crippen molar-refractivity contribution < 1.29 is 4.74 Å². The predicted octanol–water partition coefficient (Wildman–Crippen LogP) is 2.84. The molecule has 114 valence electrons. The molecule has 0 fully saturated rings. The van der Waals surface area contributed by atoms with Crippen LogP contribution in [0.5, 0.6) is 6.01 Å². The van der Waals surface area contributed by atoms with Gasteiger partial charge < -0.3 is 9.64 Å². The van der Waals surface area contributed by atoms with Gasteiger partial charge in [0.1, 0.15) is 5.82 Å². The Labute approximate surface area is 129 Å². The highest BCUT2D eigenvalue weighted by atomic mass is 16.5. The number of ether oxygens (including phenoxy) is 1. The van der Waals surface area contributed by atoms with Gasteiger partial charge in [-0.15, -0.1) is 0 Å². The van der Waals surface area contributed by atoms with Gasteiger partial charge in [-0.3, -0.25) is 4.68 Å². The molecule has 0 bridgehead atoms. The van der Waals surface area contributed by atoms with Gasteiger partial charge in [-0.05, 0) is 38.1 Å². The topological polar surface area (TPSA) is 56.1 Å². The second-order valence-electron chi connectivity index (χ2n) is 5.10. The Bertz CT molecular complexity index is 811. The molecule has 0 radical (unpaired) electrons. The van der Waals surface area contributed by atoms with Crippen LogP contribution in [0.2, 0.25) is 0 Å². The fourth-order valence-corrected chi connectivity index (χ4v) is 2.38. The number of benzene rings is 1. The summed E-state index contributed by atoms with van der Waals surface area (Å²) in [5, 5.41) is 5.69. The van der Waals surface area contributed by atoms with Crippen molar-refractivity contribution >= 4 is 22.4 Å². The minimum absolute atomic E-state index is 0.390. The summed E-state index contributed by atoms with van der Waals surface area (Å²) in [6.45, 7) is 4.53. The third-order valence-electron chi connectivity index (χ3n) is 3.74. The summed E-state index contributed by atoms with van der Waals surface area (Å²) in [6, 6.07) is 8.47. The van der Waals surface area contributed by atoms with E-state index in [4.69, 9.17) is 4.74 Å². The van der Waals surface area contributed by atoms with Crippen LogP contribution in [-0.2, 0) is 7.05 Å². The molecule has 0 atom stereocenters. The highest BCUT2D eigenvalue weighted by molar-refractivity contribution is 5.85. The van der Waals surface area contributed by atoms with Crippen molar-refractivity contribution in [3.63, 3.8) is 0 Å². The van der Waals surface area contributed by atoms with E-state index in [9.17, 15) is 0 Å². The molecule has 2 aromatic heterocycles. The first kappa shape index (κ1) is 14.3. The SMILES string of the molecule is CCOc1nccc(N(C)c2ccc3c(C)n(C)nc3c2)n1. The van der Waals surface area contributed by atoms with E-state index in [2.05, 4.69) is 40.2 Å². The Morgan fingerprint density at radius 1 is 1.27 bits per heavy atom. The average molecular weight is 297 g/mol. The molecule has 0 N–H and O–H groups in total. The minimum atomic E-state index is 0.390. The Morgan fingerprint density at radius 2 is 2.09 bits per heavy atom. The van der Waals surface area contributed by atoms with Crippen LogP contribution in [0.3, 0.4) is 0 Å². The summed E-state index contributed by atoms with van der Waals surface area (Å²) in [4.78, 5) is 10.5. The van der Waals surface area contributed by atoms with Crippen molar-refractivity contribution in [2.24, 2.45) is 7.05 Å². The number of aromatic nitrogens is 4. The van der Waals surface area contributed by atoms with Crippen LogP contribution in [0.4, 0.5) is 11.5 Å². The quantitative estimate of drug-likeness (QED) is 0.741. The summed E-state index contributed by atoms with van der Waals surface area (Å²) in [6.07, 6.45) is 1.70. The number of anilines is 2. The molecule has 0 aliphatic rings. The zero-order valence-electron chi connectivity index (χ0n) is 13.2. The molecule has 0 aliphatic heterocycles. The van der Waals surface area contributed by atoms with Crippen molar-refractivity contribution in [2.75, 3.05) is 18.6 Å². The molecule has 1 aromatic carbocycles. The van der Waals surface area contributed by atoms with Gasteiger partial charge >= 0.3 is 6.01 Å². The van der Waals surface area contributed by atoms with Gasteiger partial charge in [0.05, 0.1) is 12.1 Å². The average Bonchev–Trinajstić information content (AvgIpc) is 2.81. The van der Waals surface area contributed by atoms with E-state index in [-0.39, 0.29) is 0 Å². The van der Waals surface area contributed by atoms with E-state index in [1.54, 1.807) is 6.20 Å². The van der Waals surface area contributed by atoms with Crippen LogP contribution in [0.25, 0.3) is 10.9 Å². The number of hydrogen-bond donors (Lipinski definition) is 0. The number of fused-ring (bicyclic) bond motifs is 1. The van der Waals surface area contributed by atoms with Gasteiger partial charge in [-0.25, -0.2) is 4.98 Å². The molecule has 0 amide bonds. The third kappa shape index (κ3) is 2.47. The molecule has 0 saturated heterocycles. The van der Waals surface area contributed by atoms with Gasteiger partial charge in [0.25, 0.3) is 0 Å². The van der Waals surface area contributed by atoms with E-state index < -0.39 is 0 Å². The highest BCUT2D eigenvalue weighted by Crippen LogP contribution is 2.27. The smallest absolute Gasteiger partial charge is 0.318 e. The van der Waals surface area contributed by atoms with Gasteiger partial charge in [0.2, 0.25) is 0 Å². The summed E-state index contributed by atoms with van der Waals surface area (Å²) < 4.78 is 7.25. The highest BCUT2D eigenvalue weighted by Gasteiger charge is 2.11. The lowest BCUT2D eigenvalue weighted by Crippen LogP contribution is -2.12. The molecule has 0 aliphatic carbocycles. The van der Waals surface area contributed by atoms with Crippen molar-refractivity contribution in [2.45, 2.75) is 13.8 Å². The van der Waals surface area contributed by atoms with Crippen molar-refractivity contribution in [3.8, 4) is 6.01 Å². The lowest BCUT2D eigenvalue weighted by Gasteiger charge is -2.18. The zero-order chi connectivity index (χ0) is 15.7. The number of aryl methyl sites for hydroxylation is 2. The minimum Gasteiger partial charge on any atom is -0.464 e. The normalized spacial score (nSPS) is 10.9. The third-order valence-corrected chi connectivity index (χ3v) is 3.74. The van der Waals surface area contributed by atoms with Crippen molar-refractivity contribution in [1.29, 1.82) is 0 Å². The second kappa shape index (κ2) is 5.63. The molecule has 6 heteroatoms. The lowest BCUT2D eigenvalue weighted by atomic mass is 10.2. The molecule has 0 saturated carbocycles. The predicted molar refractivity (Wildman–Crippen MR) is 86.7 cm³/mol. The van der Waals surface area contributed by atoms with E-state index in [1.807, 2.05) is 36.7 Å². The maximum absolute atomic E-state index is 5.36. The molecule has 22 heavy (non-hydrogen) atoms. The van der Waals surface area contributed by atoms with E-state index in [0.29, 0.717) is 12.6 Å². The molecule has 0 spiro atoms. The number of nitrogens with zero attached hydrogens (tertiary/aromatic N) is 5. The maximum atomic E-state index is 5.36. The molecule has 3 aromatic rings. The molecular weight excluding hydrogens is 278 g/mol. The van der Waals surface area contributed by atoms with Crippen LogP contribution in [-0.4, -0.2) is 33.4 Å². The van der Waals surface area contributed by atoms with Gasteiger partial charge in [0.15, 0.2) is 0 Å². The standard InChI is InChI=1S/C16H19N5O/c1-5-22-16-17-9-8-15(18-16)20(3)12-6-7-13-11(2)21(4)19-14(13)10-12/h6-10H,5H2,1-4H3. The maximum Gasteiger partial charge on any atom is 0.318 e. The summed E-state index contributed by atoms with van der Waals surface area (Å²) in [5.41, 5.74) is 3.15. The molecule has 2 heterocycles. The zero-order valence-corrected chi connectivity index (χ0v) is 13.2. The Balaban J connectivity index is 1.97. The van der Waals surface area contributed by atoms with Crippen molar-refractivity contribution in [1.82, 2.24) is 19.7 Å². The number of rotatable bonds is 4. The van der Waals surface area contributed by atoms with Crippen LogP contribution in [0, 0.1) is 6.92 Å². The molecular formula is C16H19N5O. The fourth-order valence-electron chi connectivity index (χ4n) is 2.38. The first-order valence-electron chi connectivity index (χ1n) is 7.23. The van der Waals surface area contributed by atoms with Crippen molar-refractivity contribution in [3.05, 3.63) is 36.2 Å². The summed E-state index contributed by atoms with van der Waals surface area (Å²) >= 11 is 0. The first-order chi connectivity index (χ1) is 10.6. The largest absolute Gasteiger partial charge is 0.464 e. The molecule has 3 rings (SSSR count). The Kier molecular flexibility index (Phi) is 3.66. The van der Waals surface area contributed by atoms with Gasteiger partial charge in [-0.2, -0.15) is 10.1 Å². The Morgan fingerprint density at radius 3 is 2.86 bits per heavy atom. The molecule has 6 nitrogen and oxygen atoms in total. The van der Waals surface area contributed by atoms with Crippen LogP contribution >= 0.6 is 0 Å². The number of hydrogen-bond acceptors (Lipinski definition) is 5. The van der Waals surface area contributed by atoms with E-state index >= 15 is 0 Å². The fraction of sp³-hybridized carbons (Fsp3) is 0.312. The van der Waals surface area contributed by atoms with E-state index in [0.717, 1.165) is 28.1 Å².